The zero-order valence-electron chi connectivity index (χ0n) is 27.2. The third kappa shape index (κ3) is 4.48. The Morgan fingerprint density at radius 1 is 0.360 bits per heavy atom. The fraction of sp³-hybridized carbons (Fsp3) is 0. The number of rotatable bonds is 5. The van der Waals surface area contributed by atoms with E-state index < -0.39 is 0 Å². The molecule has 0 unspecified atom stereocenters. The van der Waals surface area contributed by atoms with Gasteiger partial charge in [-0.3, -0.25) is 0 Å². The number of hydrogen-bond donors (Lipinski definition) is 0. The van der Waals surface area contributed by atoms with Crippen LogP contribution in [0.15, 0.2) is 188 Å². The Hall–Kier alpha value is -6.71. The molecule has 10 rings (SSSR count). The number of para-hydroxylation sites is 2. The third-order valence-corrected chi connectivity index (χ3v) is 9.89. The van der Waals surface area contributed by atoms with Gasteiger partial charge in [-0.05, 0) is 65.5 Å². The summed E-state index contributed by atoms with van der Waals surface area (Å²) in [5.41, 5.74) is 12.3. The molecule has 0 amide bonds. The van der Waals surface area contributed by atoms with Crippen LogP contribution in [0.5, 0.6) is 0 Å². The van der Waals surface area contributed by atoms with Gasteiger partial charge in [0.15, 0.2) is 0 Å². The molecule has 0 N–H and O–H groups in total. The van der Waals surface area contributed by atoms with Crippen LogP contribution in [-0.2, 0) is 0 Å². The molecule has 0 aliphatic carbocycles. The average molecular weight is 638 g/mol. The number of hydrogen-bond acceptors (Lipinski definition) is 1. The normalized spacial score (nSPS) is 11.6. The topological polar surface area (TPSA) is 22.8 Å². The van der Waals surface area contributed by atoms with Crippen molar-refractivity contribution in [3.8, 4) is 45.1 Å². The molecule has 0 saturated heterocycles. The number of fused-ring (bicyclic) bond motifs is 6. The van der Waals surface area contributed by atoms with E-state index in [0.29, 0.717) is 0 Å². The number of benzene rings is 7. The Balaban J connectivity index is 1.28. The first-order valence-corrected chi connectivity index (χ1v) is 17.1. The zero-order valence-corrected chi connectivity index (χ0v) is 27.2. The molecular weight excluding hydrogens is 607 g/mol. The van der Waals surface area contributed by atoms with E-state index in [0.717, 1.165) is 39.3 Å². The van der Waals surface area contributed by atoms with E-state index in [1.807, 2.05) is 0 Å². The summed E-state index contributed by atoms with van der Waals surface area (Å²) in [6.07, 6.45) is 0. The first-order chi connectivity index (χ1) is 24.8. The Labute approximate surface area is 290 Å². The van der Waals surface area contributed by atoms with Gasteiger partial charge < -0.3 is 9.13 Å². The van der Waals surface area contributed by atoms with Crippen molar-refractivity contribution in [1.29, 1.82) is 0 Å². The minimum atomic E-state index is 0.965. The first kappa shape index (κ1) is 28.3. The summed E-state index contributed by atoms with van der Waals surface area (Å²) in [5, 5.41) is 5.96. The molecule has 0 aliphatic rings. The number of aromatic nitrogens is 3. The van der Waals surface area contributed by atoms with Gasteiger partial charge in [0.2, 0.25) is 0 Å². The van der Waals surface area contributed by atoms with E-state index in [-0.39, 0.29) is 0 Å². The molecule has 10 aromatic rings. The van der Waals surface area contributed by atoms with Crippen molar-refractivity contribution >= 4 is 43.5 Å². The molecule has 0 aliphatic heterocycles. The van der Waals surface area contributed by atoms with E-state index in [9.17, 15) is 0 Å². The molecule has 3 nitrogen and oxygen atoms in total. The van der Waals surface area contributed by atoms with Gasteiger partial charge in [0.25, 0.3) is 0 Å². The molecule has 50 heavy (non-hydrogen) atoms. The van der Waals surface area contributed by atoms with Crippen LogP contribution in [0.25, 0.3) is 88.6 Å². The maximum Gasteiger partial charge on any atom is 0.0787 e. The van der Waals surface area contributed by atoms with Crippen LogP contribution in [0.2, 0.25) is 0 Å². The highest BCUT2D eigenvalue weighted by Crippen LogP contribution is 2.42. The number of nitrogens with zero attached hydrogens (tertiary/aromatic N) is 3. The molecule has 0 fully saturated rings. The average Bonchev–Trinajstić information content (AvgIpc) is 3.75. The van der Waals surface area contributed by atoms with Crippen LogP contribution in [0.4, 0.5) is 0 Å². The summed E-state index contributed by atoms with van der Waals surface area (Å²) >= 11 is 0. The summed E-state index contributed by atoms with van der Waals surface area (Å²) in [6.45, 7) is 0. The minimum Gasteiger partial charge on any atom is -0.309 e. The van der Waals surface area contributed by atoms with Crippen molar-refractivity contribution in [3.05, 3.63) is 188 Å². The molecule has 0 atom stereocenters. The van der Waals surface area contributed by atoms with E-state index in [1.54, 1.807) is 0 Å². The predicted molar refractivity (Wildman–Crippen MR) is 209 cm³/mol. The minimum absolute atomic E-state index is 0.965. The lowest BCUT2D eigenvalue weighted by Crippen LogP contribution is -1.96. The van der Waals surface area contributed by atoms with Crippen molar-refractivity contribution in [2.75, 3.05) is 0 Å². The van der Waals surface area contributed by atoms with Crippen molar-refractivity contribution in [1.82, 2.24) is 14.1 Å². The van der Waals surface area contributed by atoms with Crippen LogP contribution in [-0.4, -0.2) is 14.1 Å². The Morgan fingerprint density at radius 3 is 1.66 bits per heavy atom. The maximum atomic E-state index is 5.32. The van der Waals surface area contributed by atoms with Gasteiger partial charge >= 0.3 is 0 Å². The standard InChI is InChI=1S/C47H31N3/c1-5-15-32(16-6-1)45-31-41-44(49(45)36-20-9-3-10-21-36)28-26-39-40-29-35(25-27-43(40)50(47(39)41)37-22-11-4-12-23-37)42-30-34-19-13-14-24-38(34)46(48-42)33-17-7-2-8-18-33/h1-31H. The lowest BCUT2D eigenvalue weighted by Gasteiger charge is -2.12. The van der Waals surface area contributed by atoms with Crippen molar-refractivity contribution in [2.45, 2.75) is 0 Å². The summed E-state index contributed by atoms with van der Waals surface area (Å²) in [6, 6.07) is 67.2. The van der Waals surface area contributed by atoms with Gasteiger partial charge in [-0.1, -0.05) is 133 Å². The molecule has 3 heteroatoms. The van der Waals surface area contributed by atoms with Crippen LogP contribution in [0.3, 0.4) is 0 Å². The molecule has 7 aromatic carbocycles. The van der Waals surface area contributed by atoms with Gasteiger partial charge in [0.05, 0.1) is 33.6 Å². The van der Waals surface area contributed by atoms with E-state index >= 15 is 0 Å². The summed E-state index contributed by atoms with van der Waals surface area (Å²) in [7, 11) is 0. The fourth-order valence-corrected chi connectivity index (χ4v) is 7.64. The maximum absolute atomic E-state index is 5.32. The Bertz CT molecular complexity index is 2830. The SMILES string of the molecule is c1ccc(-c2nc(-c3ccc4c(c3)c3ccc5c(cc(-c6ccccc6)n5-c5ccccc5)c3n4-c3ccccc3)cc3ccccc23)cc1. The van der Waals surface area contributed by atoms with E-state index in [2.05, 4.69) is 197 Å². The van der Waals surface area contributed by atoms with Gasteiger partial charge in [-0.25, -0.2) is 4.98 Å². The van der Waals surface area contributed by atoms with E-state index in [1.165, 1.54) is 49.4 Å². The molecule has 234 valence electrons. The molecule has 0 bridgehead atoms. The second kappa shape index (κ2) is 11.5. The monoisotopic (exact) mass is 637 g/mol. The Morgan fingerprint density at radius 2 is 0.940 bits per heavy atom. The quantitative estimate of drug-likeness (QED) is 0.184. The molecule has 0 radical (unpaired) electrons. The lowest BCUT2D eigenvalue weighted by molar-refractivity contribution is 1.13. The van der Waals surface area contributed by atoms with Gasteiger partial charge in [0.1, 0.15) is 0 Å². The highest BCUT2D eigenvalue weighted by atomic mass is 15.0. The van der Waals surface area contributed by atoms with Gasteiger partial charge in [-0.2, -0.15) is 0 Å². The van der Waals surface area contributed by atoms with Crippen LogP contribution in [0.1, 0.15) is 0 Å². The summed E-state index contributed by atoms with van der Waals surface area (Å²) in [4.78, 5) is 5.32. The lowest BCUT2D eigenvalue weighted by atomic mass is 10.00. The summed E-state index contributed by atoms with van der Waals surface area (Å²) < 4.78 is 4.83. The van der Waals surface area contributed by atoms with Crippen molar-refractivity contribution in [2.24, 2.45) is 0 Å². The highest BCUT2D eigenvalue weighted by molar-refractivity contribution is 6.20. The van der Waals surface area contributed by atoms with Crippen LogP contribution >= 0.6 is 0 Å². The molecule has 0 saturated carbocycles. The van der Waals surface area contributed by atoms with Crippen molar-refractivity contribution in [3.63, 3.8) is 0 Å². The third-order valence-electron chi connectivity index (χ3n) is 9.89. The molecule has 3 heterocycles. The number of pyridine rings is 1. The zero-order chi connectivity index (χ0) is 33.0. The van der Waals surface area contributed by atoms with Crippen LogP contribution in [0, 0.1) is 0 Å². The second-order valence-corrected chi connectivity index (χ2v) is 12.8. The first-order valence-electron chi connectivity index (χ1n) is 17.1. The second-order valence-electron chi connectivity index (χ2n) is 12.8. The Kier molecular flexibility index (Phi) is 6.49. The van der Waals surface area contributed by atoms with Gasteiger partial charge in [0, 0.05) is 44.0 Å². The van der Waals surface area contributed by atoms with Crippen molar-refractivity contribution < 1.29 is 0 Å². The van der Waals surface area contributed by atoms with Crippen LogP contribution < -0.4 is 0 Å². The summed E-state index contributed by atoms with van der Waals surface area (Å²) in [5.74, 6) is 0. The predicted octanol–water partition coefficient (Wildman–Crippen LogP) is 12.3. The smallest absolute Gasteiger partial charge is 0.0787 e. The van der Waals surface area contributed by atoms with E-state index in [4.69, 9.17) is 4.98 Å². The fourth-order valence-electron chi connectivity index (χ4n) is 7.64. The molecule has 0 spiro atoms. The largest absolute Gasteiger partial charge is 0.309 e. The molecular formula is C47H31N3. The van der Waals surface area contributed by atoms with Gasteiger partial charge in [-0.15, -0.1) is 0 Å². The molecule has 3 aromatic heterocycles. The highest BCUT2D eigenvalue weighted by Gasteiger charge is 2.21.